The molecule has 2 aliphatic rings. The third-order valence-electron chi connectivity index (χ3n) is 5.01. The van der Waals surface area contributed by atoms with Crippen LogP contribution in [0.15, 0.2) is 71.0 Å². The number of nitrogens with one attached hydrogen (secondary N) is 1. The Labute approximate surface area is 176 Å². The molecule has 0 saturated carbocycles. The Morgan fingerprint density at radius 2 is 1.71 bits per heavy atom. The lowest BCUT2D eigenvalue weighted by molar-refractivity contribution is -0.137. The molecule has 5 rings (SSSR count). The van der Waals surface area contributed by atoms with Crippen LogP contribution < -0.4 is 14.8 Å². The molecule has 1 N–H and O–H groups in total. The van der Waals surface area contributed by atoms with Crippen LogP contribution in [0, 0.1) is 5.82 Å². The van der Waals surface area contributed by atoms with E-state index in [9.17, 15) is 14.0 Å². The molecule has 2 aromatic carbocycles. The van der Waals surface area contributed by atoms with Crippen molar-refractivity contribution in [3.8, 4) is 11.5 Å². The standard InChI is InChI=1S/C23H17FN2O5/c24-15-5-3-14(4-6-15)20-21(23(28)26(22(20)27)13-17-2-1-9-29-17)25-16-7-8-18-19(12-16)31-11-10-30-18/h1-9,12,25H,10-11,13H2. The minimum absolute atomic E-state index is 0.0122. The number of hydrogen-bond donors (Lipinski definition) is 1. The smallest absolute Gasteiger partial charge is 0.278 e. The van der Waals surface area contributed by atoms with Crippen molar-refractivity contribution >= 4 is 23.1 Å². The molecule has 2 amide bonds. The van der Waals surface area contributed by atoms with Gasteiger partial charge in [-0.25, -0.2) is 4.39 Å². The molecule has 156 valence electrons. The first-order valence-corrected chi connectivity index (χ1v) is 9.65. The minimum atomic E-state index is -0.504. The summed E-state index contributed by atoms with van der Waals surface area (Å²) in [5.41, 5.74) is 1.24. The van der Waals surface area contributed by atoms with Gasteiger partial charge in [-0.3, -0.25) is 14.5 Å². The molecule has 7 nitrogen and oxygen atoms in total. The number of anilines is 1. The van der Waals surface area contributed by atoms with Gasteiger partial charge >= 0.3 is 0 Å². The van der Waals surface area contributed by atoms with Crippen molar-refractivity contribution in [2.45, 2.75) is 6.54 Å². The summed E-state index contributed by atoms with van der Waals surface area (Å²) in [6, 6.07) is 14.0. The first-order valence-electron chi connectivity index (χ1n) is 9.65. The van der Waals surface area contributed by atoms with Crippen molar-refractivity contribution in [1.82, 2.24) is 4.90 Å². The predicted octanol–water partition coefficient (Wildman–Crippen LogP) is 3.58. The summed E-state index contributed by atoms with van der Waals surface area (Å²) in [6.07, 6.45) is 1.48. The van der Waals surface area contributed by atoms with E-state index >= 15 is 0 Å². The highest BCUT2D eigenvalue weighted by Gasteiger charge is 2.39. The maximum atomic E-state index is 13.4. The van der Waals surface area contributed by atoms with E-state index in [2.05, 4.69) is 5.32 Å². The second-order valence-electron chi connectivity index (χ2n) is 7.02. The summed E-state index contributed by atoms with van der Waals surface area (Å²) in [7, 11) is 0. The van der Waals surface area contributed by atoms with Gasteiger partial charge in [-0.2, -0.15) is 0 Å². The molecule has 0 fully saturated rings. The number of fused-ring (bicyclic) bond motifs is 1. The molecule has 0 unspecified atom stereocenters. The van der Waals surface area contributed by atoms with Crippen molar-refractivity contribution in [2.75, 3.05) is 18.5 Å². The summed E-state index contributed by atoms with van der Waals surface area (Å²) in [5, 5.41) is 3.05. The van der Waals surface area contributed by atoms with Crippen LogP contribution in [0.1, 0.15) is 11.3 Å². The Morgan fingerprint density at radius 1 is 0.935 bits per heavy atom. The quantitative estimate of drug-likeness (QED) is 0.636. The maximum absolute atomic E-state index is 13.4. The predicted molar refractivity (Wildman–Crippen MR) is 109 cm³/mol. The summed E-state index contributed by atoms with van der Waals surface area (Å²) in [6.45, 7) is 0.879. The zero-order chi connectivity index (χ0) is 21.4. The van der Waals surface area contributed by atoms with Crippen LogP contribution in [0.2, 0.25) is 0 Å². The topological polar surface area (TPSA) is 81.0 Å². The number of nitrogens with zero attached hydrogens (tertiary/aromatic N) is 1. The Bertz CT molecular complexity index is 1190. The summed E-state index contributed by atoms with van der Waals surface area (Å²) >= 11 is 0. The highest BCUT2D eigenvalue weighted by atomic mass is 19.1. The van der Waals surface area contributed by atoms with E-state index in [1.807, 2.05) is 0 Å². The molecule has 0 radical (unpaired) electrons. The van der Waals surface area contributed by atoms with Crippen molar-refractivity contribution in [3.05, 3.63) is 83.7 Å². The minimum Gasteiger partial charge on any atom is -0.486 e. The van der Waals surface area contributed by atoms with Crippen LogP contribution in [0.25, 0.3) is 5.57 Å². The van der Waals surface area contributed by atoms with Gasteiger partial charge in [-0.15, -0.1) is 0 Å². The van der Waals surface area contributed by atoms with Crippen LogP contribution in [-0.4, -0.2) is 29.9 Å². The second kappa shape index (κ2) is 7.64. The molecule has 31 heavy (non-hydrogen) atoms. The SMILES string of the molecule is O=C1C(Nc2ccc3c(c2)OCCO3)=C(c2ccc(F)cc2)C(=O)N1Cc1ccco1. The lowest BCUT2D eigenvalue weighted by Gasteiger charge is -2.19. The van der Waals surface area contributed by atoms with Crippen LogP contribution in [0.3, 0.4) is 0 Å². The number of imide groups is 1. The van der Waals surface area contributed by atoms with E-state index in [0.717, 1.165) is 4.90 Å². The highest BCUT2D eigenvalue weighted by molar-refractivity contribution is 6.36. The van der Waals surface area contributed by atoms with Crippen LogP contribution >= 0.6 is 0 Å². The van der Waals surface area contributed by atoms with E-state index in [-0.39, 0.29) is 17.8 Å². The van der Waals surface area contributed by atoms with Crippen LogP contribution in [0.4, 0.5) is 10.1 Å². The highest BCUT2D eigenvalue weighted by Crippen LogP contribution is 2.36. The normalized spacial score (nSPS) is 15.6. The fourth-order valence-corrected chi connectivity index (χ4v) is 3.54. The zero-order valence-corrected chi connectivity index (χ0v) is 16.3. The molecule has 0 spiro atoms. The third kappa shape index (κ3) is 3.52. The van der Waals surface area contributed by atoms with E-state index in [0.29, 0.717) is 41.7 Å². The largest absolute Gasteiger partial charge is 0.486 e. The van der Waals surface area contributed by atoms with Crippen LogP contribution in [-0.2, 0) is 16.1 Å². The van der Waals surface area contributed by atoms with Gasteiger partial charge in [0.15, 0.2) is 11.5 Å². The number of hydrogen-bond acceptors (Lipinski definition) is 6. The molecule has 1 aromatic heterocycles. The monoisotopic (exact) mass is 420 g/mol. The lowest BCUT2D eigenvalue weighted by atomic mass is 10.0. The third-order valence-corrected chi connectivity index (χ3v) is 5.01. The van der Waals surface area contributed by atoms with Gasteiger partial charge in [-0.05, 0) is 42.0 Å². The number of halogens is 1. The number of furan rings is 1. The molecule has 0 aliphatic carbocycles. The summed E-state index contributed by atoms with van der Waals surface area (Å²) in [5.74, 6) is 0.196. The Morgan fingerprint density at radius 3 is 2.45 bits per heavy atom. The number of rotatable bonds is 5. The van der Waals surface area contributed by atoms with Crippen molar-refractivity contribution in [3.63, 3.8) is 0 Å². The lowest BCUT2D eigenvalue weighted by Crippen LogP contribution is -2.31. The average molecular weight is 420 g/mol. The molecule has 0 atom stereocenters. The molecule has 3 aromatic rings. The summed E-state index contributed by atoms with van der Waals surface area (Å²) in [4.78, 5) is 27.5. The van der Waals surface area contributed by atoms with E-state index < -0.39 is 17.6 Å². The van der Waals surface area contributed by atoms with E-state index in [1.54, 1.807) is 30.3 Å². The molecule has 0 bridgehead atoms. The number of ether oxygens (including phenoxy) is 2. The van der Waals surface area contributed by atoms with Crippen molar-refractivity contribution in [1.29, 1.82) is 0 Å². The maximum Gasteiger partial charge on any atom is 0.278 e. The number of amides is 2. The van der Waals surface area contributed by atoms with Gasteiger partial charge in [0.1, 0.15) is 30.5 Å². The average Bonchev–Trinajstić information content (AvgIpc) is 3.38. The fraction of sp³-hybridized carbons (Fsp3) is 0.130. The molecular formula is C23H17FN2O5. The zero-order valence-electron chi connectivity index (χ0n) is 16.3. The van der Waals surface area contributed by atoms with Gasteiger partial charge in [0.25, 0.3) is 11.8 Å². The Kier molecular flexibility index (Phi) is 4.66. The summed E-state index contributed by atoms with van der Waals surface area (Å²) < 4.78 is 29.9. The van der Waals surface area contributed by atoms with Gasteiger partial charge in [0, 0.05) is 11.8 Å². The second-order valence-corrected chi connectivity index (χ2v) is 7.02. The molecule has 0 saturated heterocycles. The van der Waals surface area contributed by atoms with Gasteiger partial charge in [0.2, 0.25) is 0 Å². The van der Waals surface area contributed by atoms with E-state index in [1.165, 1.54) is 30.5 Å². The molecule has 8 heteroatoms. The Hall–Kier alpha value is -4.07. The van der Waals surface area contributed by atoms with Gasteiger partial charge in [0.05, 0.1) is 18.4 Å². The van der Waals surface area contributed by atoms with E-state index in [4.69, 9.17) is 13.9 Å². The molecular weight excluding hydrogens is 403 g/mol. The number of carbonyl (C=O) groups is 2. The molecule has 3 heterocycles. The van der Waals surface area contributed by atoms with Crippen molar-refractivity contribution < 1.29 is 27.9 Å². The molecule has 2 aliphatic heterocycles. The van der Waals surface area contributed by atoms with Gasteiger partial charge in [-0.1, -0.05) is 12.1 Å². The first-order chi connectivity index (χ1) is 15.1. The fourth-order valence-electron chi connectivity index (χ4n) is 3.54. The number of carbonyl (C=O) groups excluding carboxylic acids is 2. The van der Waals surface area contributed by atoms with Crippen molar-refractivity contribution in [2.24, 2.45) is 0 Å². The Balaban J connectivity index is 1.53. The number of benzene rings is 2. The van der Waals surface area contributed by atoms with Crippen LogP contribution in [0.5, 0.6) is 11.5 Å². The van der Waals surface area contributed by atoms with Gasteiger partial charge < -0.3 is 19.2 Å². The first kappa shape index (κ1) is 18.9.